The maximum Gasteiger partial charge on any atom is 0.121 e. The van der Waals surface area contributed by atoms with Crippen molar-refractivity contribution in [2.75, 3.05) is 0 Å². The van der Waals surface area contributed by atoms with E-state index in [0.29, 0.717) is 6.42 Å². The minimum atomic E-state index is -0.291. The van der Waals surface area contributed by atoms with E-state index in [0.717, 1.165) is 19.3 Å². The lowest BCUT2D eigenvalue weighted by molar-refractivity contribution is 0.0515. The third-order valence-corrected chi connectivity index (χ3v) is 9.34. The van der Waals surface area contributed by atoms with Crippen LogP contribution in [0.25, 0.3) is 0 Å². The number of epoxide rings is 1. The quantitative estimate of drug-likeness (QED) is 0.198. The number of hydrogen-bond donors (Lipinski definition) is 2. The van der Waals surface area contributed by atoms with Crippen LogP contribution in [0.1, 0.15) is 94.9 Å². The molecule has 0 radical (unpaired) electrons. The Labute approximate surface area is 262 Å². The average Bonchev–Trinajstić information content (AvgIpc) is 3.49. The van der Waals surface area contributed by atoms with Crippen LogP contribution in [0.2, 0.25) is 0 Å². The van der Waals surface area contributed by atoms with Gasteiger partial charge in [0.25, 0.3) is 0 Å². The Hall–Kier alpha value is -2.72. The summed E-state index contributed by atoms with van der Waals surface area (Å²) in [6.45, 7) is 21.5. The molecule has 0 aromatic carbocycles. The van der Waals surface area contributed by atoms with Crippen molar-refractivity contribution < 1.29 is 14.9 Å². The Balaban J connectivity index is 1.50. The molecule has 0 spiro atoms. The normalized spacial score (nSPS) is 32.3. The van der Waals surface area contributed by atoms with Crippen LogP contribution in [-0.4, -0.2) is 33.6 Å². The molecule has 0 aromatic heterocycles. The highest BCUT2D eigenvalue weighted by molar-refractivity contribution is 5.39. The SMILES string of the molecule is CC1=C(/C=C/C(C)=C/C=C/C(C)=C\C=C\C=C(C)\C=C\C=C(C)\C=C/[C@]23O[C@@]2(C)C[C@H](O)CC3(C)C)C(C)(C)C[C@@H](O)C1. The fourth-order valence-corrected chi connectivity index (χ4v) is 7.06. The summed E-state index contributed by atoms with van der Waals surface area (Å²) in [5.41, 5.74) is 6.71. The van der Waals surface area contributed by atoms with Gasteiger partial charge in [0.15, 0.2) is 0 Å². The van der Waals surface area contributed by atoms with E-state index in [4.69, 9.17) is 4.74 Å². The van der Waals surface area contributed by atoms with E-state index in [9.17, 15) is 10.2 Å². The standard InChI is InChI=1S/C40H56O3/c1-29(17-13-19-31(3)21-22-36-33(5)25-34(41)26-37(36,6)7)15-11-12-16-30(2)18-14-20-32(4)23-24-40-38(8,9)27-35(42)28-39(40,10)43-40/h11-24,34-35,41-42H,25-28H2,1-10H3/b12-11+,17-13+,18-14+,22-21+,24-23-,29-15-,30-16+,31-19+,32-20+/t34-,35+,39-,40+/m0/s1. The number of hydrogen-bond acceptors (Lipinski definition) is 3. The zero-order valence-electron chi connectivity index (χ0n) is 28.4. The minimum Gasteiger partial charge on any atom is -0.393 e. The highest BCUT2D eigenvalue weighted by Crippen LogP contribution is 2.66. The molecule has 0 unspecified atom stereocenters. The second kappa shape index (κ2) is 13.9. The third-order valence-electron chi connectivity index (χ3n) is 9.34. The number of rotatable bonds is 10. The third kappa shape index (κ3) is 8.91. The van der Waals surface area contributed by atoms with Crippen LogP contribution < -0.4 is 0 Å². The van der Waals surface area contributed by atoms with E-state index < -0.39 is 0 Å². The molecule has 0 aromatic rings. The van der Waals surface area contributed by atoms with Crippen LogP contribution in [-0.2, 0) is 4.74 Å². The van der Waals surface area contributed by atoms with Gasteiger partial charge in [-0.05, 0) is 77.9 Å². The van der Waals surface area contributed by atoms with Crippen molar-refractivity contribution in [3.8, 4) is 0 Å². The van der Waals surface area contributed by atoms with Gasteiger partial charge >= 0.3 is 0 Å². The van der Waals surface area contributed by atoms with Crippen molar-refractivity contribution in [3.63, 3.8) is 0 Å². The highest BCUT2D eigenvalue weighted by atomic mass is 16.6. The van der Waals surface area contributed by atoms with Gasteiger partial charge in [-0.25, -0.2) is 0 Å². The molecular formula is C40H56O3. The summed E-state index contributed by atoms with van der Waals surface area (Å²) in [7, 11) is 0. The topological polar surface area (TPSA) is 53.0 Å². The van der Waals surface area contributed by atoms with E-state index in [1.807, 2.05) is 0 Å². The van der Waals surface area contributed by atoms with E-state index in [1.54, 1.807) is 0 Å². The first kappa shape index (κ1) is 34.8. The second-order valence-corrected chi connectivity index (χ2v) is 14.6. The molecule has 3 aliphatic rings. The van der Waals surface area contributed by atoms with Crippen molar-refractivity contribution in [2.45, 2.75) is 118 Å². The van der Waals surface area contributed by atoms with E-state index in [1.165, 1.54) is 33.4 Å². The molecule has 2 fully saturated rings. The van der Waals surface area contributed by atoms with Crippen LogP contribution in [0.4, 0.5) is 0 Å². The first-order valence-corrected chi connectivity index (χ1v) is 15.9. The van der Waals surface area contributed by atoms with Crippen LogP contribution in [0.3, 0.4) is 0 Å². The molecule has 1 saturated heterocycles. The zero-order chi connectivity index (χ0) is 32.1. The van der Waals surface area contributed by atoms with Crippen LogP contribution >= 0.6 is 0 Å². The molecule has 2 N–H and O–H groups in total. The maximum atomic E-state index is 10.2. The smallest absolute Gasteiger partial charge is 0.121 e. The summed E-state index contributed by atoms with van der Waals surface area (Å²) in [4.78, 5) is 0. The van der Waals surface area contributed by atoms with Crippen molar-refractivity contribution in [3.05, 3.63) is 119 Å². The molecule has 4 atom stereocenters. The van der Waals surface area contributed by atoms with Gasteiger partial charge in [0.05, 0.1) is 12.2 Å². The van der Waals surface area contributed by atoms with E-state index in [-0.39, 0.29) is 34.2 Å². The molecule has 0 amide bonds. The number of aliphatic hydroxyl groups is 2. The lowest BCUT2D eigenvalue weighted by Gasteiger charge is -2.39. The molecule has 1 saturated carbocycles. The first-order chi connectivity index (χ1) is 20.0. The van der Waals surface area contributed by atoms with Crippen LogP contribution in [0.15, 0.2) is 119 Å². The van der Waals surface area contributed by atoms with Gasteiger partial charge in [-0.3, -0.25) is 0 Å². The molecule has 234 valence electrons. The fourth-order valence-electron chi connectivity index (χ4n) is 7.06. The highest BCUT2D eigenvalue weighted by Gasteiger charge is 2.74. The summed E-state index contributed by atoms with van der Waals surface area (Å²) in [6.07, 6.45) is 32.3. The van der Waals surface area contributed by atoms with Crippen molar-refractivity contribution >= 4 is 0 Å². The van der Waals surface area contributed by atoms with Gasteiger partial charge in [0.2, 0.25) is 0 Å². The number of fused-ring (bicyclic) bond motifs is 1. The Kier molecular flexibility index (Phi) is 11.3. The monoisotopic (exact) mass is 584 g/mol. The summed E-state index contributed by atoms with van der Waals surface area (Å²) in [6, 6.07) is 0. The zero-order valence-corrected chi connectivity index (χ0v) is 28.4. The Bertz CT molecular complexity index is 1330. The predicted octanol–water partition coefficient (Wildman–Crippen LogP) is 9.76. The molecular weight excluding hydrogens is 528 g/mol. The van der Waals surface area contributed by atoms with Gasteiger partial charge in [0.1, 0.15) is 11.2 Å². The van der Waals surface area contributed by atoms with Gasteiger partial charge in [-0.1, -0.05) is 135 Å². The average molecular weight is 585 g/mol. The molecule has 2 aliphatic carbocycles. The van der Waals surface area contributed by atoms with Crippen molar-refractivity contribution in [2.24, 2.45) is 10.8 Å². The Morgan fingerprint density at radius 2 is 1.19 bits per heavy atom. The van der Waals surface area contributed by atoms with Crippen molar-refractivity contribution in [1.29, 1.82) is 0 Å². The lowest BCUT2D eigenvalue weighted by atomic mass is 9.63. The molecule has 1 aliphatic heterocycles. The van der Waals surface area contributed by atoms with Crippen LogP contribution in [0, 0.1) is 10.8 Å². The molecule has 43 heavy (non-hydrogen) atoms. The molecule has 3 rings (SSSR count). The van der Waals surface area contributed by atoms with Gasteiger partial charge in [-0.15, -0.1) is 0 Å². The summed E-state index contributed by atoms with van der Waals surface area (Å²) in [5.74, 6) is 0. The summed E-state index contributed by atoms with van der Waals surface area (Å²) < 4.78 is 6.25. The lowest BCUT2D eigenvalue weighted by Crippen LogP contribution is -2.46. The Morgan fingerprint density at radius 1 is 0.674 bits per heavy atom. The fraction of sp³-hybridized carbons (Fsp3) is 0.500. The number of aliphatic hydroxyl groups excluding tert-OH is 2. The van der Waals surface area contributed by atoms with Gasteiger partial charge < -0.3 is 14.9 Å². The first-order valence-electron chi connectivity index (χ1n) is 15.9. The number of ether oxygens (including phenoxy) is 1. The molecule has 0 bridgehead atoms. The van der Waals surface area contributed by atoms with E-state index in [2.05, 4.69) is 154 Å². The minimum absolute atomic E-state index is 0.00262. The molecule has 1 heterocycles. The summed E-state index contributed by atoms with van der Waals surface area (Å²) >= 11 is 0. The molecule has 3 nitrogen and oxygen atoms in total. The van der Waals surface area contributed by atoms with Crippen molar-refractivity contribution in [1.82, 2.24) is 0 Å². The summed E-state index contributed by atoms with van der Waals surface area (Å²) in [5, 5.41) is 20.4. The van der Waals surface area contributed by atoms with E-state index >= 15 is 0 Å². The van der Waals surface area contributed by atoms with Gasteiger partial charge in [0, 0.05) is 11.8 Å². The van der Waals surface area contributed by atoms with Crippen LogP contribution in [0.5, 0.6) is 0 Å². The largest absolute Gasteiger partial charge is 0.393 e. The van der Waals surface area contributed by atoms with Gasteiger partial charge in [-0.2, -0.15) is 0 Å². The second-order valence-electron chi connectivity index (χ2n) is 14.6. The Morgan fingerprint density at radius 3 is 1.72 bits per heavy atom. The molecule has 3 heteroatoms. The number of allylic oxidation sites excluding steroid dienone is 18. The predicted molar refractivity (Wildman–Crippen MR) is 184 cm³/mol. The maximum absolute atomic E-state index is 10.2.